The van der Waals surface area contributed by atoms with Crippen LogP contribution in [0.3, 0.4) is 0 Å². The van der Waals surface area contributed by atoms with Crippen molar-refractivity contribution in [2.75, 3.05) is 0 Å². The number of hydrogen-bond acceptors (Lipinski definition) is 2. The van der Waals surface area contributed by atoms with Crippen LogP contribution >= 0.6 is 0 Å². The summed E-state index contributed by atoms with van der Waals surface area (Å²) in [5.41, 5.74) is 1.73. The molecule has 0 spiro atoms. The lowest BCUT2D eigenvalue weighted by molar-refractivity contribution is -0.0508. The van der Waals surface area contributed by atoms with Gasteiger partial charge in [-0.2, -0.15) is 0 Å². The highest BCUT2D eigenvalue weighted by atomic mass is 16.3. The summed E-state index contributed by atoms with van der Waals surface area (Å²) in [5.74, 6) is 4.26. The Morgan fingerprint density at radius 3 is 2.35 bits per heavy atom. The summed E-state index contributed by atoms with van der Waals surface area (Å²) in [7, 11) is 0. The van der Waals surface area contributed by atoms with Crippen LogP contribution < -0.4 is 0 Å². The van der Waals surface area contributed by atoms with Crippen molar-refractivity contribution in [1.82, 2.24) is 0 Å². The number of rotatable bonds is 8. The van der Waals surface area contributed by atoms with E-state index in [0.717, 1.165) is 42.9 Å². The Morgan fingerprint density at radius 1 is 1.10 bits per heavy atom. The molecule has 0 aromatic carbocycles. The summed E-state index contributed by atoms with van der Waals surface area (Å²) in [6.07, 6.45) is 13.2. The number of aliphatic hydroxyl groups is 2. The molecule has 180 valence electrons. The first-order valence-corrected chi connectivity index (χ1v) is 13.5. The molecule has 0 aromatic heterocycles. The van der Waals surface area contributed by atoms with Gasteiger partial charge in [0.1, 0.15) is 0 Å². The van der Waals surface area contributed by atoms with Crippen molar-refractivity contribution in [2.24, 2.45) is 46.3 Å². The predicted octanol–water partition coefficient (Wildman–Crippen LogP) is 7.39. The van der Waals surface area contributed by atoms with Crippen molar-refractivity contribution >= 4 is 0 Å². The van der Waals surface area contributed by atoms with Crippen LogP contribution in [-0.4, -0.2) is 21.9 Å². The van der Waals surface area contributed by atoms with Crippen LogP contribution in [0, 0.1) is 46.3 Å². The third-order valence-corrected chi connectivity index (χ3v) is 11.0. The molecule has 2 nitrogen and oxygen atoms in total. The van der Waals surface area contributed by atoms with Gasteiger partial charge in [-0.15, -0.1) is 0 Å². The third kappa shape index (κ3) is 4.54. The van der Waals surface area contributed by atoms with Gasteiger partial charge in [-0.25, -0.2) is 0 Å². The molecule has 0 bridgehead atoms. The molecule has 2 heteroatoms. The smallest absolute Gasteiger partial charge is 0.0642 e. The van der Waals surface area contributed by atoms with E-state index in [1.54, 1.807) is 0 Å². The van der Waals surface area contributed by atoms with Crippen molar-refractivity contribution < 1.29 is 10.2 Å². The van der Waals surface area contributed by atoms with Gasteiger partial charge in [0, 0.05) is 0 Å². The Morgan fingerprint density at radius 2 is 1.77 bits per heavy atom. The topological polar surface area (TPSA) is 40.5 Å². The van der Waals surface area contributed by atoms with E-state index in [-0.39, 0.29) is 11.5 Å². The van der Waals surface area contributed by atoms with Crippen LogP contribution in [0.2, 0.25) is 0 Å². The summed E-state index contributed by atoms with van der Waals surface area (Å²) in [5, 5.41) is 20.9. The Hall–Kier alpha value is -0.340. The molecule has 3 aliphatic carbocycles. The molecule has 2 fully saturated rings. The molecule has 0 aromatic rings. The number of fused-ring (bicyclic) bond motifs is 3. The maximum Gasteiger partial charge on any atom is 0.0642 e. The highest BCUT2D eigenvalue weighted by Crippen LogP contribution is 2.66. The van der Waals surface area contributed by atoms with E-state index in [1.807, 2.05) is 13.8 Å². The molecule has 0 heterocycles. The Bertz CT molecular complexity index is 647. The van der Waals surface area contributed by atoms with Crippen molar-refractivity contribution in [1.29, 1.82) is 0 Å². The number of aliphatic hydroxyl groups excluding tert-OH is 1. The Balaban J connectivity index is 1.76. The molecular weight excluding hydrogens is 380 g/mol. The fraction of sp³-hybridized carbons (Fsp3) is 0.931. The van der Waals surface area contributed by atoms with E-state index in [2.05, 4.69) is 47.6 Å². The van der Waals surface area contributed by atoms with Gasteiger partial charge in [-0.1, -0.05) is 53.2 Å². The first-order valence-electron chi connectivity index (χ1n) is 13.5. The second kappa shape index (κ2) is 9.13. The standard InChI is InChI=1S/C29H52O2/c1-9-27(6)22(18-21(5)30)10-11-23-25-13-12-24(28(25,7)16-15-26(23)27)20(4)14-17-29(8,31)19(2)3/h10,19-21,23-26,30-31H,9,11-18H2,1-8H3. The highest BCUT2D eigenvalue weighted by molar-refractivity contribution is 5.23. The highest BCUT2D eigenvalue weighted by Gasteiger charge is 2.58. The van der Waals surface area contributed by atoms with Crippen molar-refractivity contribution in [2.45, 2.75) is 125 Å². The maximum atomic E-state index is 10.8. The normalized spacial score (nSPS) is 41.8. The lowest BCUT2D eigenvalue weighted by Gasteiger charge is -2.57. The zero-order chi connectivity index (χ0) is 23.2. The fourth-order valence-corrected chi connectivity index (χ4v) is 8.27. The van der Waals surface area contributed by atoms with E-state index in [9.17, 15) is 10.2 Å². The SMILES string of the molecule is CCC1(C)C(CC(C)O)=CCC2C1CCC1(C)C(C(C)CCC(C)(O)C(C)C)CCC21. The van der Waals surface area contributed by atoms with Gasteiger partial charge in [0.15, 0.2) is 0 Å². The van der Waals surface area contributed by atoms with E-state index in [1.165, 1.54) is 44.1 Å². The Labute approximate surface area is 193 Å². The zero-order valence-corrected chi connectivity index (χ0v) is 21.9. The summed E-state index contributed by atoms with van der Waals surface area (Å²) >= 11 is 0. The molecule has 0 saturated heterocycles. The Kier molecular flexibility index (Phi) is 7.45. The van der Waals surface area contributed by atoms with Gasteiger partial charge >= 0.3 is 0 Å². The lowest BCUT2D eigenvalue weighted by Crippen LogP contribution is -2.49. The molecule has 0 aliphatic heterocycles. The monoisotopic (exact) mass is 432 g/mol. The second-order valence-corrected chi connectivity index (χ2v) is 12.9. The van der Waals surface area contributed by atoms with Crippen molar-refractivity contribution in [3.63, 3.8) is 0 Å². The van der Waals surface area contributed by atoms with Crippen LogP contribution in [-0.2, 0) is 0 Å². The van der Waals surface area contributed by atoms with Gasteiger partial charge in [-0.05, 0) is 118 Å². The minimum Gasteiger partial charge on any atom is -0.393 e. The fourth-order valence-electron chi connectivity index (χ4n) is 8.27. The molecular formula is C29H52O2. The van der Waals surface area contributed by atoms with Crippen LogP contribution in [0.15, 0.2) is 11.6 Å². The maximum absolute atomic E-state index is 10.8. The summed E-state index contributed by atoms with van der Waals surface area (Å²) in [6.45, 7) is 18.2. The minimum absolute atomic E-state index is 0.234. The molecule has 3 aliphatic rings. The zero-order valence-electron chi connectivity index (χ0n) is 21.9. The molecule has 0 radical (unpaired) electrons. The molecule has 2 saturated carbocycles. The predicted molar refractivity (Wildman–Crippen MR) is 132 cm³/mol. The third-order valence-electron chi connectivity index (χ3n) is 11.0. The lowest BCUT2D eigenvalue weighted by atomic mass is 9.48. The molecule has 3 rings (SSSR count). The number of hydrogen-bond donors (Lipinski definition) is 2. The van der Waals surface area contributed by atoms with Crippen LogP contribution in [0.25, 0.3) is 0 Å². The van der Waals surface area contributed by atoms with Gasteiger partial charge in [0.05, 0.1) is 11.7 Å². The number of allylic oxidation sites excluding steroid dienone is 1. The molecule has 2 N–H and O–H groups in total. The summed E-state index contributed by atoms with van der Waals surface area (Å²) in [4.78, 5) is 0. The average Bonchev–Trinajstić information content (AvgIpc) is 3.05. The van der Waals surface area contributed by atoms with Crippen LogP contribution in [0.5, 0.6) is 0 Å². The van der Waals surface area contributed by atoms with E-state index >= 15 is 0 Å². The first-order chi connectivity index (χ1) is 14.4. The van der Waals surface area contributed by atoms with E-state index in [4.69, 9.17) is 0 Å². The van der Waals surface area contributed by atoms with Gasteiger partial charge in [0.2, 0.25) is 0 Å². The average molecular weight is 433 g/mol. The largest absolute Gasteiger partial charge is 0.393 e. The van der Waals surface area contributed by atoms with Crippen molar-refractivity contribution in [3.05, 3.63) is 11.6 Å². The quantitative estimate of drug-likeness (QED) is 0.393. The minimum atomic E-state index is -0.540. The second-order valence-electron chi connectivity index (χ2n) is 12.9. The van der Waals surface area contributed by atoms with Gasteiger partial charge in [0.25, 0.3) is 0 Å². The van der Waals surface area contributed by atoms with Crippen LogP contribution in [0.4, 0.5) is 0 Å². The van der Waals surface area contributed by atoms with Gasteiger partial charge in [-0.3, -0.25) is 0 Å². The summed E-state index contributed by atoms with van der Waals surface area (Å²) < 4.78 is 0. The molecule has 31 heavy (non-hydrogen) atoms. The molecule has 9 unspecified atom stereocenters. The van der Waals surface area contributed by atoms with Crippen LogP contribution in [0.1, 0.15) is 113 Å². The van der Waals surface area contributed by atoms with E-state index < -0.39 is 5.60 Å². The first kappa shape index (κ1) is 25.3. The molecule has 9 atom stereocenters. The van der Waals surface area contributed by atoms with E-state index in [0.29, 0.717) is 17.3 Å². The summed E-state index contributed by atoms with van der Waals surface area (Å²) in [6, 6.07) is 0. The van der Waals surface area contributed by atoms with Crippen molar-refractivity contribution in [3.8, 4) is 0 Å². The van der Waals surface area contributed by atoms with Gasteiger partial charge < -0.3 is 10.2 Å². The molecule has 0 amide bonds.